The van der Waals surface area contributed by atoms with Crippen LogP contribution in [-0.2, 0) is 6.42 Å². The molecule has 1 amide bonds. The largest absolute Gasteiger partial charge is 0.353 e. The van der Waals surface area contributed by atoms with Crippen LogP contribution in [0.1, 0.15) is 15.9 Å². The zero-order valence-electron chi connectivity index (χ0n) is 14.8. The van der Waals surface area contributed by atoms with E-state index >= 15 is 0 Å². The van der Waals surface area contributed by atoms with Crippen molar-refractivity contribution in [2.45, 2.75) is 6.42 Å². The van der Waals surface area contributed by atoms with Crippen LogP contribution in [0.5, 0.6) is 0 Å². The first-order chi connectivity index (χ1) is 12.2. The number of anilines is 2. The predicted molar refractivity (Wildman–Crippen MR) is 116 cm³/mol. The molecule has 0 atom stereocenters. The van der Waals surface area contributed by atoms with E-state index in [1.807, 2.05) is 12.1 Å². The van der Waals surface area contributed by atoms with Crippen LogP contribution in [0.15, 0.2) is 36.5 Å². The van der Waals surface area contributed by atoms with Crippen molar-refractivity contribution in [3.05, 3.63) is 52.7 Å². The van der Waals surface area contributed by atoms with Gasteiger partial charge < -0.3 is 21.3 Å². The minimum atomic E-state index is -0.188. The molecule has 0 radical (unpaired) electrons. The number of nitrogens with zero attached hydrogens (tertiary/aromatic N) is 2. The molecule has 0 aliphatic carbocycles. The molecule has 0 bridgehead atoms. The molecule has 1 saturated heterocycles. The molecule has 1 aliphatic rings. The third-order valence-electron chi connectivity index (χ3n) is 4.15. The van der Waals surface area contributed by atoms with Gasteiger partial charge in [-0.25, -0.2) is 4.98 Å². The van der Waals surface area contributed by atoms with Crippen LogP contribution in [0, 0.1) is 0 Å². The van der Waals surface area contributed by atoms with Gasteiger partial charge >= 0.3 is 0 Å². The zero-order chi connectivity index (χ0) is 17.6. The minimum absolute atomic E-state index is 0. The van der Waals surface area contributed by atoms with Crippen molar-refractivity contribution in [1.82, 2.24) is 10.3 Å². The van der Waals surface area contributed by atoms with Crippen molar-refractivity contribution in [3.8, 4) is 0 Å². The van der Waals surface area contributed by atoms with E-state index in [-0.39, 0.29) is 30.7 Å². The van der Waals surface area contributed by atoms with Gasteiger partial charge in [0.2, 0.25) is 0 Å². The molecule has 2 aromatic rings. The summed E-state index contributed by atoms with van der Waals surface area (Å²) in [5, 5.41) is 6.67. The Kier molecular flexibility index (Phi) is 9.83. The molecule has 1 aromatic heterocycles. The summed E-state index contributed by atoms with van der Waals surface area (Å²) >= 11 is 6.36. The number of piperazine rings is 1. The average Bonchev–Trinajstić information content (AvgIpc) is 2.63. The predicted octanol–water partition coefficient (Wildman–Crippen LogP) is 2.74. The fourth-order valence-electron chi connectivity index (χ4n) is 2.80. The van der Waals surface area contributed by atoms with Crippen LogP contribution >= 0.6 is 36.4 Å². The number of carbonyl (C=O) groups excluding carboxylic acids is 1. The van der Waals surface area contributed by atoms with Gasteiger partial charge in [-0.2, -0.15) is 0 Å². The van der Waals surface area contributed by atoms with E-state index in [4.69, 9.17) is 17.3 Å². The van der Waals surface area contributed by atoms with Crippen LogP contribution in [0.2, 0.25) is 5.02 Å². The summed E-state index contributed by atoms with van der Waals surface area (Å²) in [6.07, 6.45) is 2.44. The quantitative estimate of drug-likeness (QED) is 0.676. The smallest absolute Gasteiger partial charge is 0.255 e. The standard InChI is InChI=1S/C18H22ClN5O.2ClH/c19-16-11-15(12-22-17(16)24-9-7-21-8-10-24)23-18(25)14-3-1-13(2-4-14)5-6-20;;/h1-4,11-12,21H,5-10,20H2,(H,23,25);2*1H. The molecule has 6 nitrogen and oxygen atoms in total. The Balaban J connectivity index is 0.00000182. The van der Waals surface area contributed by atoms with Crippen molar-refractivity contribution in [1.29, 1.82) is 0 Å². The molecular formula is C18H24Cl3N5O. The molecule has 2 heterocycles. The summed E-state index contributed by atoms with van der Waals surface area (Å²) in [5.74, 6) is 0.569. The Morgan fingerprint density at radius 3 is 2.48 bits per heavy atom. The van der Waals surface area contributed by atoms with Crippen LogP contribution < -0.4 is 21.3 Å². The Morgan fingerprint density at radius 1 is 1.22 bits per heavy atom. The Labute approximate surface area is 176 Å². The molecule has 0 spiro atoms. The molecule has 0 saturated carbocycles. The van der Waals surface area contributed by atoms with E-state index in [9.17, 15) is 4.79 Å². The van der Waals surface area contributed by atoms with E-state index in [2.05, 4.69) is 20.5 Å². The summed E-state index contributed by atoms with van der Waals surface area (Å²) in [7, 11) is 0. The topological polar surface area (TPSA) is 83.3 Å². The third-order valence-corrected chi connectivity index (χ3v) is 4.42. The van der Waals surface area contributed by atoms with Crippen LogP contribution in [0.4, 0.5) is 11.5 Å². The first-order valence-corrected chi connectivity index (χ1v) is 8.77. The summed E-state index contributed by atoms with van der Waals surface area (Å²) in [6, 6.07) is 9.17. The van der Waals surface area contributed by atoms with Crippen molar-refractivity contribution < 1.29 is 4.79 Å². The van der Waals surface area contributed by atoms with E-state index in [0.29, 0.717) is 22.8 Å². The van der Waals surface area contributed by atoms with Gasteiger partial charge in [0.25, 0.3) is 5.91 Å². The summed E-state index contributed by atoms with van der Waals surface area (Å²) in [5.41, 5.74) is 7.82. The van der Waals surface area contributed by atoms with Crippen LogP contribution in [0.3, 0.4) is 0 Å². The molecular weight excluding hydrogens is 409 g/mol. The van der Waals surface area contributed by atoms with E-state index in [1.54, 1.807) is 24.4 Å². The fourth-order valence-corrected chi connectivity index (χ4v) is 3.09. The highest BCUT2D eigenvalue weighted by atomic mass is 35.5. The highest BCUT2D eigenvalue weighted by Gasteiger charge is 2.16. The number of amides is 1. The summed E-state index contributed by atoms with van der Waals surface area (Å²) in [4.78, 5) is 18.9. The fraction of sp³-hybridized carbons (Fsp3) is 0.333. The number of benzene rings is 1. The second kappa shape index (κ2) is 11.3. The number of hydrogen-bond donors (Lipinski definition) is 3. The van der Waals surface area contributed by atoms with Crippen molar-refractivity contribution in [2.75, 3.05) is 42.9 Å². The van der Waals surface area contributed by atoms with Crippen molar-refractivity contribution in [3.63, 3.8) is 0 Å². The van der Waals surface area contributed by atoms with Gasteiger partial charge in [0.05, 0.1) is 16.9 Å². The van der Waals surface area contributed by atoms with Gasteiger partial charge in [-0.05, 0) is 36.7 Å². The summed E-state index contributed by atoms with van der Waals surface area (Å²) < 4.78 is 0. The van der Waals surface area contributed by atoms with Crippen molar-refractivity contribution >= 4 is 53.8 Å². The molecule has 3 rings (SSSR count). The number of nitrogens with one attached hydrogen (secondary N) is 2. The first kappa shape index (κ1) is 23.5. The Morgan fingerprint density at radius 2 is 1.89 bits per heavy atom. The lowest BCUT2D eigenvalue weighted by molar-refractivity contribution is 0.102. The summed E-state index contributed by atoms with van der Waals surface area (Å²) in [6.45, 7) is 4.16. The number of nitrogens with two attached hydrogens (primary N) is 1. The number of halogens is 3. The molecule has 1 aliphatic heterocycles. The Bertz CT molecular complexity index is 736. The number of carbonyl (C=O) groups is 1. The number of hydrogen-bond acceptors (Lipinski definition) is 5. The number of rotatable bonds is 5. The number of aromatic nitrogens is 1. The number of pyridine rings is 1. The van der Waals surface area contributed by atoms with Gasteiger partial charge in [0, 0.05) is 31.7 Å². The van der Waals surface area contributed by atoms with Crippen LogP contribution in [-0.4, -0.2) is 43.6 Å². The lowest BCUT2D eigenvalue weighted by atomic mass is 10.1. The SMILES string of the molecule is Cl.Cl.NCCc1ccc(C(=O)Nc2cnc(N3CCNCC3)c(Cl)c2)cc1. The highest BCUT2D eigenvalue weighted by molar-refractivity contribution is 6.33. The second-order valence-electron chi connectivity index (χ2n) is 5.96. The molecule has 1 aromatic carbocycles. The molecule has 4 N–H and O–H groups in total. The first-order valence-electron chi connectivity index (χ1n) is 8.39. The lowest BCUT2D eigenvalue weighted by Gasteiger charge is -2.29. The third kappa shape index (κ3) is 6.23. The van der Waals surface area contributed by atoms with Crippen LogP contribution in [0.25, 0.3) is 0 Å². The molecule has 148 valence electrons. The lowest BCUT2D eigenvalue weighted by Crippen LogP contribution is -2.44. The van der Waals surface area contributed by atoms with E-state index < -0.39 is 0 Å². The van der Waals surface area contributed by atoms with Gasteiger partial charge in [-0.3, -0.25) is 4.79 Å². The average molecular weight is 433 g/mol. The maximum atomic E-state index is 12.4. The van der Waals surface area contributed by atoms with E-state index in [0.717, 1.165) is 44.0 Å². The normalized spacial score (nSPS) is 13.3. The van der Waals surface area contributed by atoms with Gasteiger partial charge in [-0.1, -0.05) is 23.7 Å². The highest BCUT2D eigenvalue weighted by Crippen LogP contribution is 2.26. The Hall–Kier alpha value is -1.57. The van der Waals surface area contributed by atoms with E-state index in [1.165, 1.54) is 0 Å². The van der Waals surface area contributed by atoms with Gasteiger partial charge in [0.15, 0.2) is 0 Å². The monoisotopic (exact) mass is 431 g/mol. The zero-order valence-corrected chi connectivity index (χ0v) is 17.2. The maximum absolute atomic E-state index is 12.4. The minimum Gasteiger partial charge on any atom is -0.353 e. The molecule has 1 fully saturated rings. The molecule has 0 unspecified atom stereocenters. The second-order valence-corrected chi connectivity index (χ2v) is 6.36. The molecule has 9 heteroatoms. The van der Waals surface area contributed by atoms with Gasteiger partial charge in [0.1, 0.15) is 5.82 Å². The van der Waals surface area contributed by atoms with Crippen molar-refractivity contribution in [2.24, 2.45) is 5.73 Å². The maximum Gasteiger partial charge on any atom is 0.255 e. The molecule has 27 heavy (non-hydrogen) atoms. The van der Waals surface area contributed by atoms with Gasteiger partial charge in [-0.15, -0.1) is 24.8 Å².